The van der Waals surface area contributed by atoms with Gasteiger partial charge in [0.2, 0.25) is 0 Å². The molecule has 0 aliphatic carbocycles. The first-order valence-corrected chi connectivity index (χ1v) is 0.846. The molecule has 0 rings (SSSR count). The molecule has 6 N–H and O–H groups in total. The highest BCUT2D eigenvalue weighted by atomic mass is 16.5. The largest absolute Gasteiger partial charge is 0.270 e. The summed E-state index contributed by atoms with van der Waals surface area (Å²) in [5, 5.41) is 7.44. The predicted molar refractivity (Wildman–Crippen MR) is 11.0 cm³/mol. The van der Waals surface area contributed by atoms with Gasteiger partial charge in [-0.05, 0) is 5.59 Å². The van der Waals surface area contributed by atoms with Crippen molar-refractivity contribution in [2.45, 2.75) is 0 Å². The molecule has 0 fully saturated rings. The fourth-order valence-electron chi connectivity index (χ4n) is 0. The summed E-state index contributed by atoms with van der Waals surface area (Å²) in [5.41, 5.74) is 2.51. The second-order valence-corrected chi connectivity index (χ2v) is 0.296. The molecule has 4 heteroatoms. The molecule has 0 aliphatic heterocycles. The highest BCUT2D eigenvalue weighted by Crippen LogP contribution is 0.738. The van der Waals surface area contributed by atoms with Gasteiger partial charge in [0, 0.05) is 0 Å². The van der Waals surface area contributed by atoms with Crippen molar-refractivity contribution in [2.75, 3.05) is 0 Å². The van der Waals surface area contributed by atoms with Crippen LogP contribution in [-0.4, -0.2) is 5.21 Å². The van der Waals surface area contributed by atoms with Crippen molar-refractivity contribution in [3.05, 3.63) is 0 Å². The van der Waals surface area contributed by atoms with E-state index < -0.39 is 0 Å². The van der Waals surface area contributed by atoms with Gasteiger partial charge in [-0.3, -0.25) is 5.21 Å². The van der Waals surface area contributed by atoms with Crippen molar-refractivity contribution in [3.8, 4) is 0 Å². The summed E-state index contributed by atoms with van der Waals surface area (Å²) >= 11 is 0. The Morgan fingerprint density at radius 2 is 2.25 bits per heavy atom. The normalized spacial score (nSPS) is 7.50. The molecular weight excluding hydrogens is 58.0 g/mol. The quantitative estimate of drug-likeness (QED) is 0.198. The second kappa shape index (κ2) is 2.84. The maximum atomic E-state index is 7.44. The summed E-state index contributed by atoms with van der Waals surface area (Å²) in [7, 11) is 0. The maximum absolute atomic E-state index is 7.44. The molecule has 0 aromatic rings. The zero-order valence-corrected chi connectivity index (χ0v) is 2.10. The van der Waals surface area contributed by atoms with Crippen LogP contribution < -0.4 is 17.0 Å². The summed E-state index contributed by atoms with van der Waals surface area (Å²) in [6.07, 6.45) is 0. The summed E-state index contributed by atoms with van der Waals surface area (Å²) < 4.78 is 0. The van der Waals surface area contributed by atoms with Gasteiger partial charge < -0.3 is 0 Å². The maximum Gasteiger partial charge on any atom is -0.0264 e. The minimum atomic E-state index is 0.931. The van der Waals surface area contributed by atoms with E-state index in [0.29, 0.717) is 0 Å². The van der Waals surface area contributed by atoms with Crippen LogP contribution >= 0.6 is 0 Å². The van der Waals surface area contributed by atoms with Crippen molar-refractivity contribution in [3.63, 3.8) is 0 Å². The molecule has 26 valence electrons. The van der Waals surface area contributed by atoms with Gasteiger partial charge in [0.15, 0.2) is 0 Å². The van der Waals surface area contributed by atoms with Crippen LogP contribution in [0.4, 0.5) is 0 Å². The van der Waals surface area contributed by atoms with Crippen LogP contribution in [0.2, 0.25) is 0 Å². The molecular formula is H6N3O+. The smallest absolute Gasteiger partial charge is 0.0264 e. The summed E-state index contributed by atoms with van der Waals surface area (Å²) in [6, 6.07) is 0. The topological polar surface area (TPSA) is 74.9 Å². The van der Waals surface area contributed by atoms with Crippen LogP contribution in [0.25, 0.3) is 0 Å². The molecule has 0 aromatic heterocycles. The van der Waals surface area contributed by atoms with E-state index in [1.807, 2.05) is 0 Å². The molecule has 0 atom stereocenters. The monoisotopic (exact) mass is 64.1 g/mol. The van der Waals surface area contributed by atoms with E-state index in [1.54, 1.807) is 5.59 Å². The molecule has 0 aliphatic rings. The van der Waals surface area contributed by atoms with E-state index in [9.17, 15) is 0 Å². The van der Waals surface area contributed by atoms with E-state index >= 15 is 0 Å². The SMILES string of the molecule is N[NH2+]NO. The zero-order chi connectivity index (χ0) is 3.41. The molecule has 4 heavy (non-hydrogen) atoms. The van der Waals surface area contributed by atoms with Gasteiger partial charge in [-0.2, -0.15) is 11.4 Å². The third-order valence-corrected chi connectivity index (χ3v) is 0.0745. The van der Waals surface area contributed by atoms with Gasteiger partial charge in [0.25, 0.3) is 0 Å². The van der Waals surface area contributed by atoms with Gasteiger partial charge in [-0.25, -0.2) is 0 Å². The Bertz CT molecular complexity index is 5.25. The highest BCUT2D eigenvalue weighted by Gasteiger charge is 1.49. The van der Waals surface area contributed by atoms with Gasteiger partial charge in [0.05, 0.1) is 0 Å². The number of nitrogens with two attached hydrogens (primary N) is 2. The van der Waals surface area contributed by atoms with Crippen LogP contribution in [0.5, 0.6) is 0 Å². The Morgan fingerprint density at radius 1 is 2.00 bits per heavy atom. The van der Waals surface area contributed by atoms with Gasteiger partial charge in [0.1, 0.15) is 0 Å². The Labute approximate surface area is 23.5 Å². The molecule has 0 amide bonds. The molecule has 0 radical (unpaired) electrons. The average Bonchev–Trinajstić information content (AvgIpc) is 1.37. The van der Waals surface area contributed by atoms with E-state index in [1.165, 1.54) is 0 Å². The zero-order valence-electron chi connectivity index (χ0n) is 2.10. The summed E-state index contributed by atoms with van der Waals surface area (Å²) in [6.45, 7) is 0. The fourth-order valence-corrected chi connectivity index (χ4v) is 0. The number of rotatable bonds is 1. The Balaban J connectivity index is 1.97. The number of hydrogen-bond donors (Lipinski definition) is 4. The first kappa shape index (κ1) is 3.84. The molecule has 0 saturated carbocycles. The third-order valence-electron chi connectivity index (χ3n) is 0.0745. The molecule has 0 bridgehead atoms. The molecule has 0 heterocycles. The van der Waals surface area contributed by atoms with Gasteiger partial charge in [-0.1, -0.05) is 0 Å². The number of quaternary nitrogens is 1. The van der Waals surface area contributed by atoms with Crippen LogP contribution in [0.15, 0.2) is 0 Å². The summed E-state index contributed by atoms with van der Waals surface area (Å²) in [4.78, 5) is 0. The Kier molecular flexibility index (Phi) is 2.73. The molecule has 0 saturated heterocycles. The van der Waals surface area contributed by atoms with Crippen molar-refractivity contribution < 1.29 is 10.7 Å². The lowest BCUT2D eigenvalue weighted by Crippen LogP contribution is -2.98. The van der Waals surface area contributed by atoms with E-state index in [-0.39, 0.29) is 0 Å². The number of hydrogen-bond acceptors (Lipinski definition) is 3. The van der Waals surface area contributed by atoms with E-state index in [2.05, 4.69) is 5.84 Å². The lowest BCUT2D eigenvalue weighted by molar-refractivity contribution is -0.763. The van der Waals surface area contributed by atoms with Crippen LogP contribution in [-0.2, 0) is 0 Å². The van der Waals surface area contributed by atoms with Crippen LogP contribution in [0, 0.1) is 0 Å². The van der Waals surface area contributed by atoms with Crippen molar-refractivity contribution in [1.82, 2.24) is 5.59 Å². The first-order chi connectivity index (χ1) is 1.91. The predicted octanol–water partition coefficient (Wildman–Crippen LogP) is -2.68. The minimum Gasteiger partial charge on any atom is -0.270 e. The molecule has 0 spiro atoms. The molecule has 0 unspecified atom stereocenters. The van der Waals surface area contributed by atoms with E-state index in [0.717, 1.165) is 5.53 Å². The minimum absolute atomic E-state index is 0.931. The Hall–Kier alpha value is -0.160. The third kappa shape index (κ3) is 1.84. The first-order valence-electron chi connectivity index (χ1n) is 0.846. The fraction of sp³-hybridized carbons (Fsp3) is 0. The van der Waals surface area contributed by atoms with Gasteiger partial charge in [-0.15, -0.1) is 0 Å². The standard InChI is InChI=1S/H5N3O/c1-2-3-4/h2-4H,1H2/p+1. The van der Waals surface area contributed by atoms with Crippen LogP contribution in [0.1, 0.15) is 0 Å². The number of nitrogens with one attached hydrogen (secondary N) is 1. The van der Waals surface area contributed by atoms with Crippen molar-refractivity contribution in [2.24, 2.45) is 5.84 Å². The van der Waals surface area contributed by atoms with Crippen LogP contribution in [0.3, 0.4) is 0 Å². The van der Waals surface area contributed by atoms with Crippen molar-refractivity contribution >= 4 is 0 Å². The van der Waals surface area contributed by atoms with Crippen molar-refractivity contribution in [1.29, 1.82) is 0 Å². The lowest BCUT2D eigenvalue weighted by atomic mass is 12.5. The second-order valence-electron chi connectivity index (χ2n) is 0.296. The lowest BCUT2D eigenvalue weighted by Gasteiger charge is -1.75. The highest BCUT2D eigenvalue weighted by molar-refractivity contribution is 3.12. The summed E-state index contributed by atoms with van der Waals surface area (Å²) in [5.74, 6) is 4.54. The molecule has 4 nitrogen and oxygen atoms in total. The van der Waals surface area contributed by atoms with E-state index in [4.69, 9.17) is 5.21 Å². The molecule has 0 aromatic carbocycles. The van der Waals surface area contributed by atoms with Gasteiger partial charge >= 0.3 is 0 Å². The average molecular weight is 64.1 g/mol. The Morgan fingerprint density at radius 3 is 2.25 bits per heavy atom.